The van der Waals surface area contributed by atoms with Crippen LogP contribution >= 0.6 is 11.6 Å². The van der Waals surface area contributed by atoms with Crippen LogP contribution in [-0.4, -0.2) is 23.5 Å². The van der Waals surface area contributed by atoms with Crippen molar-refractivity contribution in [3.8, 4) is 0 Å². The first-order chi connectivity index (χ1) is 8.00. The predicted octanol–water partition coefficient (Wildman–Crippen LogP) is 2.24. The van der Waals surface area contributed by atoms with Crippen LogP contribution in [0.2, 0.25) is 5.02 Å². The Morgan fingerprint density at radius 2 is 2.12 bits per heavy atom. The molecule has 0 aliphatic rings. The largest absolute Gasteiger partial charge is 0.481 e. The van der Waals surface area contributed by atoms with E-state index in [2.05, 4.69) is 5.32 Å². The highest BCUT2D eigenvalue weighted by molar-refractivity contribution is 6.31. The van der Waals surface area contributed by atoms with Gasteiger partial charge in [-0.1, -0.05) is 17.7 Å². The minimum Gasteiger partial charge on any atom is -0.481 e. The third kappa shape index (κ3) is 4.44. The zero-order valence-corrected chi connectivity index (χ0v) is 10.3. The van der Waals surface area contributed by atoms with Crippen molar-refractivity contribution < 1.29 is 14.7 Å². The number of rotatable bonds is 5. The molecule has 1 rings (SSSR count). The van der Waals surface area contributed by atoms with Gasteiger partial charge in [-0.15, -0.1) is 0 Å². The van der Waals surface area contributed by atoms with Crippen LogP contribution in [0.5, 0.6) is 0 Å². The Bertz CT molecular complexity index is 432. The molecule has 0 atom stereocenters. The molecule has 5 heteroatoms. The quantitative estimate of drug-likeness (QED) is 0.793. The Morgan fingerprint density at radius 1 is 1.41 bits per heavy atom. The molecule has 0 aromatic heterocycles. The van der Waals surface area contributed by atoms with Crippen molar-refractivity contribution in [2.45, 2.75) is 19.8 Å². The monoisotopic (exact) mass is 255 g/mol. The topological polar surface area (TPSA) is 66.4 Å². The molecule has 0 heterocycles. The van der Waals surface area contributed by atoms with Crippen molar-refractivity contribution in [2.24, 2.45) is 0 Å². The highest BCUT2D eigenvalue weighted by atomic mass is 35.5. The minimum atomic E-state index is -0.863. The molecule has 0 bridgehead atoms. The van der Waals surface area contributed by atoms with Crippen molar-refractivity contribution in [1.82, 2.24) is 5.32 Å². The van der Waals surface area contributed by atoms with Crippen LogP contribution < -0.4 is 5.32 Å². The van der Waals surface area contributed by atoms with Crippen molar-refractivity contribution in [3.05, 3.63) is 34.3 Å². The number of carbonyl (C=O) groups is 2. The van der Waals surface area contributed by atoms with Gasteiger partial charge in [-0.05, 0) is 31.0 Å². The van der Waals surface area contributed by atoms with Gasteiger partial charge in [-0.2, -0.15) is 0 Å². The van der Waals surface area contributed by atoms with Gasteiger partial charge in [0.2, 0.25) is 0 Å². The maximum atomic E-state index is 11.7. The van der Waals surface area contributed by atoms with E-state index in [0.29, 0.717) is 23.6 Å². The molecule has 0 saturated heterocycles. The zero-order valence-electron chi connectivity index (χ0n) is 9.50. The van der Waals surface area contributed by atoms with Gasteiger partial charge in [0.1, 0.15) is 0 Å². The molecule has 4 nitrogen and oxygen atoms in total. The van der Waals surface area contributed by atoms with Gasteiger partial charge in [0.15, 0.2) is 0 Å². The fourth-order valence-corrected chi connectivity index (χ4v) is 1.55. The van der Waals surface area contributed by atoms with E-state index in [0.717, 1.165) is 5.56 Å². The molecule has 1 aromatic rings. The summed E-state index contributed by atoms with van der Waals surface area (Å²) in [6.07, 6.45) is 0.468. The Labute approximate surface area is 105 Å². The standard InChI is InChI=1S/C12H14ClNO3/c1-8-4-5-9(13)7-10(8)12(17)14-6-2-3-11(15)16/h4-5,7H,2-3,6H2,1H3,(H,14,17)(H,15,16). The van der Waals surface area contributed by atoms with E-state index in [-0.39, 0.29) is 12.3 Å². The SMILES string of the molecule is Cc1ccc(Cl)cc1C(=O)NCCCC(=O)O. The maximum Gasteiger partial charge on any atom is 0.303 e. The Kier molecular flexibility index (Phi) is 4.97. The van der Waals surface area contributed by atoms with Gasteiger partial charge in [-0.3, -0.25) is 9.59 Å². The average molecular weight is 256 g/mol. The Hall–Kier alpha value is -1.55. The van der Waals surface area contributed by atoms with Crippen LogP contribution in [0.4, 0.5) is 0 Å². The second kappa shape index (κ2) is 6.25. The molecule has 92 valence electrons. The molecule has 0 unspecified atom stereocenters. The normalized spacial score (nSPS) is 10.0. The summed E-state index contributed by atoms with van der Waals surface area (Å²) in [7, 11) is 0. The molecular formula is C12H14ClNO3. The molecule has 1 aromatic carbocycles. The van der Waals surface area contributed by atoms with E-state index >= 15 is 0 Å². The molecule has 2 N–H and O–H groups in total. The van der Waals surface area contributed by atoms with Gasteiger partial charge in [0, 0.05) is 23.6 Å². The smallest absolute Gasteiger partial charge is 0.303 e. The lowest BCUT2D eigenvalue weighted by molar-refractivity contribution is -0.137. The number of hydrogen-bond donors (Lipinski definition) is 2. The number of nitrogens with one attached hydrogen (secondary N) is 1. The summed E-state index contributed by atoms with van der Waals surface area (Å²) in [5.74, 6) is -1.09. The number of benzene rings is 1. The first kappa shape index (κ1) is 13.5. The number of carboxylic acids is 1. The second-order valence-corrected chi connectivity index (χ2v) is 4.15. The van der Waals surface area contributed by atoms with Crippen molar-refractivity contribution in [3.63, 3.8) is 0 Å². The van der Waals surface area contributed by atoms with Crippen LogP contribution in [0.1, 0.15) is 28.8 Å². The summed E-state index contributed by atoms with van der Waals surface area (Å²) < 4.78 is 0. The van der Waals surface area contributed by atoms with Crippen molar-refractivity contribution in [2.75, 3.05) is 6.54 Å². The molecule has 0 spiro atoms. The molecule has 0 aliphatic carbocycles. The van der Waals surface area contributed by atoms with Crippen LogP contribution in [0.15, 0.2) is 18.2 Å². The van der Waals surface area contributed by atoms with E-state index in [9.17, 15) is 9.59 Å². The number of carbonyl (C=O) groups excluding carboxylic acids is 1. The second-order valence-electron chi connectivity index (χ2n) is 3.71. The maximum absolute atomic E-state index is 11.7. The lowest BCUT2D eigenvalue weighted by atomic mass is 10.1. The number of hydrogen-bond acceptors (Lipinski definition) is 2. The van der Waals surface area contributed by atoms with Crippen molar-refractivity contribution >= 4 is 23.5 Å². The third-order valence-corrected chi connectivity index (χ3v) is 2.53. The Morgan fingerprint density at radius 3 is 2.76 bits per heavy atom. The third-order valence-electron chi connectivity index (χ3n) is 2.30. The van der Waals surface area contributed by atoms with Crippen LogP contribution in [-0.2, 0) is 4.79 Å². The highest BCUT2D eigenvalue weighted by Gasteiger charge is 2.09. The molecule has 0 radical (unpaired) electrons. The van der Waals surface area contributed by atoms with E-state index in [1.165, 1.54) is 0 Å². The summed E-state index contributed by atoms with van der Waals surface area (Å²) >= 11 is 5.81. The fraction of sp³-hybridized carbons (Fsp3) is 0.333. The number of halogens is 1. The Balaban J connectivity index is 2.52. The molecule has 0 aliphatic heterocycles. The van der Waals surface area contributed by atoms with Crippen molar-refractivity contribution in [1.29, 1.82) is 0 Å². The van der Waals surface area contributed by atoms with Crippen LogP contribution in [0, 0.1) is 6.92 Å². The minimum absolute atomic E-state index is 0.0504. The number of amides is 1. The molecule has 1 amide bonds. The summed E-state index contributed by atoms with van der Waals surface area (Å²) in [5.41, 5.74) is 1.36. The summed E-state index contributed by atoms with van der Waals surface area (Å²) in [5, 5.41) is 11.6. The van der Waals surface area contributed by atoms with E-state index < -0.39 is 5.97 Å². The van der Waals surface area contributed by atoms with E-state index in [4.69, 9.17) is 16.7 Å². The van der Waals surface area contributed by atoms with Crippen LogP contribution in [0.25, 0.3) is 0 Å². The van der Waals surface area contributed by atoms with Gasteiger partial charge in [0.05, 0.1) is 0 Å². The summed E-state index contributed by atoms with van der Waals surface area (Å²) in [6.45, 7) is 2.17. The molecule has 0 saturated carbocycles. The fourth-order valence-electron chi connectivity index (χ4n) is 1.38. The highest BCUT2D eigenvalue weighted by Crippen LogP contribution is 2.15. The summed E-state index contributed by atoms with van der Waals surface area (Å²) in [4.78, 5) is 22.0. The van der Waals surface area contributed by atoms with Crippen LogP contribution in [0.3, 0.4) is 0 Å². The average Bonchev–Trinajstić information content (AvgIpc) is 2.27. The van der Waals surface area contributed by atoms with E-state index in [1.54, 1.807) is 18.2 Å². The zero-order chi connectivity index (χ0) is 12.8. The molecule has 17 heavy (non-hydrogen) atoms. The van der Waals surface area contributed by atoms with Gasteiger partial charge >= 0.3 is 5.97 Å². The predicted molar refractivity (Wildman–Crippen MR) is 65.4 cm³/mol. The molecular weight excluding hydrogens is 242 g/mol. The first-order valence-electron chi connectivity index (χ1n) is 5.27. The number of aliphatic carboxylic acids is 1. The van der Waals surface area contributed by atoms with Gasteiger partial charge < -0.3 is 10.4 Å². The summed E-state index contributed by atoms with van der Waals surface area (Å²) in [6, 6.07) is 5.09. The number of carboxylic acid groups (broad SMARTS) is 1. The number of aryl methyl sites for hydroxylation is 1. The molecule has 0 fully saturated rings. The van der Waals surface area contributed by atoms with E-state index in [1.807, 2.05) is 6.92 Å². The lowest BCUT2D eigenvalue weighted by Gasteiger charge is -2.07. The van der Waals surface area contributed by atoms with Gasteiger partial charge in [0.25, 0.3) is 5.91 Å². The van der Waals surface area contributed by atoms with Gasteiger partial charge in [-0.25, -0.2) is 0 Å². The lowest BCUT2D eigenvalue weighted by Crippen LogP contribution is -2.25. The first-order valence-corrected chi connectivity index (χ1v) is 5.64.